The minimum Gasteiger partial charge on any atom is -0.504 e. The molecule has 2 amide bonds. The van der Waals surface area contributed by atoms with E-state index in [2.05, 4.69) is 0 Å². The summed E-state index contributed by atoms with van der Waals surface area (Å²) in [6, 6.07) is 2.79. The lowest BCUT2D eigenvalue weighted by atomic mass is 10.1. The van der Waals surface area contributed by atoms with Gasteiger partial charge in [0.2, 0.25) is 0 Å². The number of aromatic hydroxyl groups is 1. The first-order valence-electron chi connectivity index (χ1n) is 5.87. The van der Waals surface area contributed by atoms with Crippen molar-refractivity contribution in [2.75, 3.05) is 13.7 Å². The predicted octanol–water partition coefficient (Wildman–Crippen LogP) is 2.18. The van der Waals surface area contributed by atoms with Gasteiger partial charge < -0.3 is 14.9 Å². The van der Waals surface area contributed by atoms with Crippen LogP contribution in [0, 0.1) is 0 Å². The summed E-state index contributed by atoms with van der Waals surface area (Å²) in [7, 11) is 1.34. The number of hydrogen-bond acceptors (Lipinski definition) is 6. The molecule has 0 unspecified atom stereocenters. The summed E-state index contributed by atoms with van der Waals surface area (Å²) in [4.78, 5) is 34.9. The van der Waals surface area contributed by atoms with Gasteiger partial charge in [-0.25, -0.2) is 0 Å². The van der Waals surface area contributed by atoms with Crippen molar-refractivity contribution >= 4 is 46.6 Å². The van der Waals surface area contributed by atoms with Gasteiger partial charge in [-0.2, -0.15) is 0 Å². The van der Waals surface area contributed by atoms with Crippen molar-refractivity contribution in [2.24, 2.45) is 0 Å². The zero-order valence-electron chi connectivity index (χ0n) is 11.2. The second-order valence-corrected chi connectivity index (χ2v) is 5.64. The van der Waals surface area contributed by atoms with Gasteiger partial charge in [0.25, 0.3) is 11.1 Å². The monoisotopic (exact) mass is 343 g/mol. The van der Waals surface area contributed by atoms with Crippen LogP contribution < -0.4 is 4.74 Å². The number of ether oxygens (including phenoxy) is 1. The van der Waals surface area contributed by atoms with Crippen molar-refractivity contribution in [1.82, 2.24) is 4.90 Å². The van der Waals surface area contributed by atoms with Gasteiger partial charge in [-0.1, -0.05) is 11.6 Å². The number of hydrogen-bond donors (Lipinski definition) is 2. The smallest absolute Gasteiger partial charge is 0.323 e. The summed E-state index contributed by atoms with van der Waals surface area (Å²) in [6.45, 7) is -0.715. The standard InChI is InChI=1S/C13H10ClNO6S/c1-21-8-4-7(14)2-6(11(8)18)3-9-12(19)15(5-10(16)17)13(20)22-9/h2-4,18H,5H2,1H3,(H,16,17)/b9-3+. The normalized spacial score (nSPS) is 16.5. The third-order valence-corrected chi connectivity index (χ3v) is 3.87. The number of phenols is 1. The molecular weight excluding hydrogens is 334 g/mol. The predicted molar refractivity (Wildman–Crippen MR) is 80.0 cm³/mol. The second kappa shape index (κ2) is 6.29. The van der Waals surface area contributed by atoms with E-state index in [1.54, 1.807) is 0 Å². The number of nitrogens with zero attached hydrogens (tertiary/aromatic N) is 1. The van der Waals surface area contributed by atoms with E-state index >= 15 is 0 Å². The maximum Gasteiger partial charge on any atom is 0.323 e. The summed E-state index contributed by atoms with van der Waals surface area (Å²) >= 11 is 6.47. The van der Waals surface area contributed by atoms with Crippen LogP contribution >= 0.6 is 23.4 Å². The molecule has 116 valence electrons. The third-order valence-electron chi connectivity index (χ3n) is 2.74. The number of rotatable bonds is 4. The van der Waals surface area contributed by atoms with Crippen LogP contribution in [0.1, 0.15) is 5.56 Å². The zero-order valence-corrected chi connectivity index (χ0v) is 12.8. The molecule has 7 nitrogen and oxygen atoms in total. The highest BCUT2D eigenvalue weighted by molar-refractivity contribution is 8.18. The van der Waals surface area contributed by atoms with Gasteiger partial charge in [0.15, 0.2) is 11.5 Å². The fourth-order valence-electron chi connectivity index (χ4n) is 1.77. The van der Waals surface area contributed by atoms with Crippen LogP contribution in [0.4, 0.5) is 4.79 Å². The molecule has 0 aromatic heterocycles. The molecule has 2 N–H and O–H groups in total. The summed E-state index contributed by atoms with van der Waals surface area (Å²) in [5.41, 5.74) is 0.185. The van der Waals surface area contributed by atoms with Gasteiger partial charge in [-0.15, -0.1) is 0 Å². The zero-order chi connectivity index (χ0) is 16.4. The van der Waals surface area contributed by atoms with E-state index in [4.69, 9.17) is 21.4 Å². The van der Waals surface area contributed by atoms with Crippen LogP contribution in [0.5, 0.6) is 11.5 Å². The molecule has 1 saturated heterocycles. The number of thioether (sulfide) groups is 1. The Labute approximate surface area is 134 Å². The third kappa shape index (κ3) is 3.18. The number of phenolic OH excluding ortho intramolecular Hbond substituents is 1. The summed E-state index contributed by atoms with van der Waals surface area (Å²) in [5, 5.41) is 18.3. The molecular formula is C13H10ClNO6S. The van der Waals surface area contributed by atoms with Gasteiger partial charge in [0, 0.05) is 16.7 Å². The fourth-order valence-corrected chi connectivity index (χ4v) is 2.82. The molecule has 1 aromatic rings. The first kappa shape index (κ1) is 16.2. The van der Waals surface area contributed by atoms with Crippen LogP contribution in [-0.4, -0.2) is 45.9 Å². The Hall–Kier alpha value is -2.19. The Morgan fingerprint density at radius 3 is 2.73 bits per heavy atom. The van der Waals surface area contributed by atoms with E-state index in [0.29, 0.717) is 16.7 Å². The molecule has 1 aliphatic rings. The highest BCUT2D eigenvalue weighted by Gasteiger charge is 2.36. The molecule has 9 heteroatoms. The van der Waals surface area contributed by atoms with Crippen LogP contribution in [0.15, 0.2) is 17.0 Å². The quantitative estimate of drug-likeness (QED) is 0.807. The van der Waals surface area contributed by atoms with Crippen molar-refractivity contribution in [3.05, 3.63) is 27.6 Å². The molecule has 0 spiro atoms. The Bertz CT molecular complexity index is 702. The highest BCUT2D eigenvalue weighted by atomic mass is 35.5. The molecule has 2 rings (SSSR count). The number of carbonyl (C=O) groups is 3. The average molecular weight is 344 g/mol. The number of halogens is 1. The van der Waals surface area contributed by atoms with Crippen LogP contribution in [0.2, 0.25) is 5.02 Å². The summed E-state index contributed by atoms with van der Waals surface area (Å²) < 4.78 is 4.94. The minimum absolute atomic E-state index is 0.00845. The second-order valence-electron chi connectivity index (χ2n) is 4.21. The van der Waals surface area contributed by atoms with Crippen molar-refractivity contribution < 1.29 is 29.3 Å². The van der Waals surface area contributed by atoms with Gasteiger partial charge in [-0.05, 0) is 23.9 Å². The Morgan fingerprint density at radius 1 is 1.45 bits per heavy atom. The molecule has 1 aliphatic heterocycles. The lowest BCUT2D eigenvalue weighted by molar-refractivity contribution is -0.140. The minimum atomic E-state index is -1.30. The molecule has 1 heterocycles. The molecule has 0 bridgehead atoms. The molecule has 0 atom stereocenters. The van der Waals surface area contributed by atoms with Crippen molar-refractivity contribution in [1.29, 1.82) is 0 Å². The van der Waals surface area contributed by atoms with E-state index < -0.39 is 23.7 Å². The van der Waals surface area contributed by atoms with Gasteiger partial charge in [0.1, 0.15) is 6.54 Å². The SMILES string of the molecule is COc1cc(Cl)cc(/C=C2/SC(=O)N(CC(=O)O)C2=O)c1O. The van der Waals surface area contributed by atoms with E-state index in [1.165, 1.54) is 25.3 Å². The van der Waals surface area contributed by atoms with Crippen LogP contribution in [-0.2, 0) is 9.59 Å². The van der Waals surface area contributed by atoms with E-state index in [-0.39, 0.29) is 27.0 Å². The topological polar surface area (TPSA) is 104 Å². The number of carbonyl (C=O) groups excluding carboxylic acids is 2. The number of imide groups is 1. The molecule has 0 radical (unpaired) electrons. The first-order valence-corrected chi connectivity index (χ1v) is 7.06. The lowest BCUT2D eigenvalue weighted by Crippen LogP contribution is -2.33. The maximum absolute atomic E-state index is 12.0. The van der Waals surface area contributed by atoms with E-state index in [9.17, 15) is 19.5 Å². The summed E-state index contributed by atoms with van der Waals surface area (Å²) in [6.07, 6.45) is 1.26. The molecule has 0 aliphatic carbocycles. The van der Waals surface area contributed by atoms with Gasteiger partial charge in [-0.3, -0.25) is 19.3 Å². The van der Waals surface area contributed by atoms with Crippen molar-refractivity contribution in [3.63, 3.8) is 0 Å². The van der Waals surface area contributed by atoms with Crippen LogP contribution in [0.3, 0.4) is 0 Å². The maximum atomic E-state index is 12.0. The largest absolute Gasteiger partial charge is 0.504 e. The lowest BCUT2D eigenvalue weighted by Gasteiger charge is -2.08. The molecule has 1 fully saturated rings. The van der Waals surface area contributed by atoms with Crippen molar-refractivity contribution in [3.8, 4) is 11.5 Å². The molecule has 1 aromatic carbocycles. The fraction of sp³-hybridized carbons (Fsp3) is 0.154. The number of carboxylic acids is 1. The highest BCUT2D eigenvalue weighted by Crippen LogP contribution is 2.38. The van der Waals surface area contributed by atoms with E-state index in [1.807, 2.05) is 0 Å². The first-order chi connectivity index (χ1) is 10.3. The number of benzene rings is 1. The number of aliphatic carboxylic acids is 1. The number of amides is 2. The van der Waals surface area contributed by atoms with Gasteiger partial charge >= 0.3 is 5.97 Å². The number of carboxylic acid groups (broad SMARTS) is 1. The molecule has 22 heavy (non-hydrogen) atoms. The molecule has 0 saturated carbocycles. The average Bonchev–Trinajstić information content (AvgIpc) is 2.69. The van der Waals surface area contributed by atoms with Crippen LogP contribution in [0.25, 0.3) is 6.08 Å². The van der Waals surface area contributed by atoms with Crippen molar-refractivity contribution in [2.45, 2.75) is 0 Å². The Balaban J connectivity index is 2.39. The van der Waals surface area contributed by atoms with E-state index in [0.717, 1.165) is 0 Å². The summed E-state index contributed by atoms with van der Waals surface area (Å²) in [5.74, 6) is -2.16. The number of methoxy groups -OCH3 is 1. The Morgan fingerprint density at radius 2 is 2.14 bits per heavy atom. The van der Waals surface area contributed by atoms with Gasteiger partial charge in [0.05, 0.1) is 12.0 Å². The Kier molecular flexibility index (Phi) is 4.62.